The molecule has 36 valence electrons. The van der Waals surface area contributed by atoms with E-state index in [1.54, 1.807) is 0 Å². The second-order valence-electron chi connectivity index (χ2n) is 0. The monoisotopic (exact) mass is 266 g/mol. The summed E-state index contributed by atoms with van der Waals surface area (Å²) in [5.41, 5.74) is 0. The van der Waals surface area contributed by atoms with Crippen LogP contribution in [-0.2, 0) is 0 Å². The van der Waals surface area contributed by atoms with Crippen LogP contribution in [0.25, 0.3) is 0 Å². The zero-order chi connectivity index (χ0) is 0. The van der Waals surface area contributed by atoms with E-state index in [1.807, 2.05) is 0 Å². The molecule has 1 nitrogen and oxygen atoms in total. The van der Waals surface area contributed by atoms with Gasteiger partial charge in [0.25, 0.3) is 0 Å². The summed E-state index contributed by atoms with van der Waals surface area (Å²) in [7, 11) is 0. The van der Waals surface area contributed by atoms with Crippen LogP contribution in [0.1, 0.15) is 0 Å². The normalized spacial score (nSPS) is 0. The van der Waals surface area contributed by atoms with Gasteiger partial charge in [-0.3, -0.25) is 0 Å². The molecule has 0 radical (unpaired) electrons. The average Bonchev–Trinajstić information content (AvgIpc) is 0. The van der Waals surface area contributed by atoms with Gasteiger partial charge in [-0.15, -0.1) is 37.2 Å². The summed E-state index contributed by atoms with van der Waals surface area (Å²) >= 11 is 0. The Hall–Kier alpha value is 2.21. The van der Waals surface area contributed by atoms with Crippen molar-refractivity contribution in [2.24, 2.45) is 0 Å². The van der Waals surface area contributed by atoms with Crippen molar-refractivity contribution < 1.29 is 47.2 Å². The third-order valence-corrected chi connectivity index (χ3v) is 0. The van der Waals surface area contributed by atoms with Crippen molar-refractivity contribution in [3.05, 3.63) is 0 Å². The van der Waals surface area contributed by atoms with Crippen molar-refractivity contribution in [1.29, 1.82) is 0 Å². The van der Waals surface area contributed by atoms with Crippen LogP contribution in [0.15, 0.2) is 0 Å². The number of rotatable bonds is 0. The molecule has 5 heteroatoms. The first kappa shape index (κ1) is 57.0. The number of hydrogen-bond acceptors (Lipinski definition) is 0. The van der Waals surface area contributed by atoms with Crippen LogP contribution in [0.2, 0.25) is 0 Å². The van der Waals surface area contributed by atoms with Gasteiger partial charge in [-0.1, -0.05) is 0 Å². The molecular weight excluding hydrogens is 262 g/mol. The molecule has 0 unspecified atom stereocenters. The zero-order valence-corrected chi connectivity index (χ0v) is 7.81. The third-order valence-electron chi connectivity index (χ3n) is 0. The van der Waals surface area contributed by atoms with E-state index >= 15 is 0 Å². The molecule has 0 saturated carbocycles. The van der Waals surface area contributed by atoms with Crippen LogP contribution in [0.5, 0.6) is 0 Å². The van der Waals surface area contributed by atoms with Crippen molar-refractivity contribution in [3.63, 3.8) is 0 Å². The number of hydrogen-bond donors (Lipinski definition) is 0. The minimum absolute atomic E-state index is 0. The predicted octanol–water partition coefficient (Wildman–Crippen LogP) is 0.441. The van der Waals surface area contributed by atoms with Gasteiger partial charge in [-0.05, 0) is 0 Å². The van der Waals surface area contributed by atoms with E-state index in [1.165, 1.54) is 0 Å². The summed E-state index contributed by atoms with van der Waals surface area (Å²) in [6.45, 7) is 0. The van der Waals surface area contributed by atoms with Crippen molar-refractivity contribution in [1.82, 2.24) is 0 Å². The molecule has 0 rings (SSSR count). The number of halogens is 3. The van der Waals surface area contributed by atoms with Gasteiger partial charge in [0, 0.05) is 41.7 Å². The smallest absolute Gasteiger partial charge is 0 e. The second-order valence-corrected chi connectivity index (χ2v) is 0. The Morgan fingerprint density at radius 3 is 0.600 bits per heavy atom. The molecule has 0 aliphatic carbocycles. The largest absolute Gasteiger partial charge is 0.412 e. The molecule has 0 aromatic rings. The predicted molar refractivity (Wildman–Crippen MR) is 25.4 cm³/mol. The van der Waals surface area contributed by atoms with Crippen molar-refractivity contribution in [3.8, 4) is 0 Å². The van der Waals surface area contributed by atoms with Gasteiger partial charge in [0.05, 0.1) is 0 Å². The second kappa shape index (κ2) is 34.6. The molecule has 0 aromatic heterocycles. The van der Waals surface area contributed by atoms with E-state index in [-0.39, 0.29) is 84.4 Å². The maximum absolute atomic E-state index is 0. The molecule has 0 aliphatic rings. The Kier molecular flexibility index (Phi) is 394. The Morgan fingerprint density at radius 1 is 0.600 bits per heavy atom. The van der Waals surface area contributed by atoms with E-state index in [0.717, 1.165) is 0 Å². The van der Waals surface area contributed by atoms with Crippen LogP contribution >= 0.6 is 37.2 Å². The maximum Gasteiger partial charge on any atom is 0 e. The van der Waals surface area contributed by atoms with Crippen molar-refractivity contribution in [2.45, 2.75) is 0 Å². The van der Waals surface area contributed by atoms with Gasteiger partial charge in [-0.2, -0.15) is 0 Å². The van der Waals surface area contributed by atoms with Crippen LogP contribution < -0.4 is 0 Å². The fourth-order valence-corrected chi connectivity index (χ4v) is 0. The summed E-state index contributed by atoms with van der Waals surface area (Å²) in [5, 5.41) is 0. The summed E-state index contributed by atoms with van der Waals surface area (Å²) in [6, 6.07) is 0. The standard InChI is InChI=1S/Ce.3ClH.H2O/h;3*1H;1H2. The first-order valence-corrected chi connectivity index (χ1v) is 0. The van der Waals surface area contributed by atoms with Crippen LogP contribution in [0.3, 0.4) is 0 Å². The first-order chi connectivity index (χ1) is 0. The van der Waals surface area contributed by atoms with Crippen LogP contribution in [0, 0.1) is 41.7 Å². The molecule has 0 fully saturated rings. The molecule has 0 amide bonds. The summed E-state index contributed by atoms with van der Waals surface area (Å²) in [5.74, 6) is 0. The molecule has 0 saturated heterocycles. The van der Waals surface area contributed by atoms with Gasteiger partial charge in [0.1, 0.15) is 0 Å². The van der Waals surface area contributed by atoms with Crippen LogP contribution in [-0.4, -0.2) is 5.48 Å². The van der Waals surface area contributed by atoms with Gasteiger partial charge in [0.15, 0.2) is 0 Å². The Labute approximate surface area is 83.2 Å². The van der Waals surface area contributed by atoms with E-state index in [0.29, 0.717) is 0 Å². The van der Waals surface area contributed by atoms with E-state index < -0.39 is 0 Å². The third kappa shape index (κ3) is 22.6. The Morgan fingerprint density at radius 2 is 0.600 bits per heavy atom. The van der Waals surface area contributed by atoms with Crippen molar-refractivity contribution in [2.75, 3.05) is 0 Å². The Bertz CT molecular complexity index is 6.85. The first-order valence-electron chi connectivity index (χ1n) is 0. The summed E-state index contributed by atoms with van der Waals surface area (Å²) < 4.78 is 0. The maximum atomic E-state index is 0. The summed E-state index contributed by atoms with van der Waals surface area (Å²) in [6.07, 6.45) is 0. The molecule has 0 atom stereocenters. The minimum atomic E-state index is 0. The van der Waals surface area contributed by atoms with E-state index in [9.17, 15) is 0 Å². The molecule has 0 aromatic carbocycles. The fraction of sp³-hybridized carbons (Fsp3) is 0. The quantitative estimate of drug-likeness (QED) is 0.610. The molecule has 0 aliphatic heterocycles. The molecule has 0 bridgehead atoms. The van der Waals surface area contributed by atoms with Crippen molar-refractivity contribution >= 4 is 37.2 Å². The van der Waals surface area contributed by atoms with Gasteiger partial charge >= 0.3 is 0 Å². The SMILES string of the molecule is Cl.Cl.Cl.O.[Ce]. The van der Waals surface area contributed by atoms with E-state index in [4.69, 9.17) is 0 Å². The molecule has 0 heterocycles. The van der Waals surface area contributed by atoms with Crippen LogP contribution in [0.4, 0.5) is 0 Å². The van der Waals surface area contributed by atoms with Gasteiger partial charge in [-0.25, -0.2) is 0 Å². The van der Waals surface area contributed by atoms with Gasteiger partial charge < -0.3 is 5.48 Å². The molecule has 5 heavy (non-hydrogen) atoms. The molecular formula is H5CeCl3O. The summed E-state index contributed by atoms with van der Waals surface area (Å²) in [4.78, 5) is 0. The zero-order valence-electron chi connectivity index (χ0n) is 2.22. The van der Waals surface area contributed by atoms with E-state index in [2.05, 4.69) is 0 Å². The fourth-order valence-electron chi connectivity index (χ4n) is 0. The Balaban J connectivity index is 0. The minimum Gasteiger partial charge on any atom is -0.412 e. The van der Waals surface area contributed by atoms with Gasteiger partial charge in [0.2, 0.25) is 0 Å². The topological polar surface area (TPSA) is 31.5 Å². The molecule has 2 N–H and O–H groups in total. The molecule has 0 spiro atoms. The average molecular weight is 268 g/mol.